The zero-order valence-corrected chi connectivity index (χ0v) is 11.4. The summed E-state index contributed by atoms with van der Waals surface area (Å²) < 4.78 is 10.6. The Morgan fingerprint density at radius 1 is 1.53 bits per heavy atom. The number of urea groups is 1. The zero-order chi connectivity index (χ0) is 13.7. The molecule has 2 N–H and O–H groups in total. The molecule has 1 aromatic carbocycles. The van der Waals surface area contributed by atoms with Gasteiger partial charge in [-0.25, -0.2) is 4.79 Å². The van der Waals surface area contributed by atoms with E-state index in [1.807, 2.05) is 25.1 Å². The Balaban J connectivity index is 1.82. The molecule has 2 rings (SSSR count). The standard InChI is InChI=1S/C14H20N2O3/c1-10-8-11(5-6-13(10)18-2)16-14(17)15-9-12-4-3-7-19-12/h5-6,8,12H,3-4,7,9H2,1-2H3,(H2,15,16,17). The van der Waals surface area contributed by atoms with Crippen molar-refractivity contribution in [1.82, 2.24) is 5.32 Å². The van der Waals surface area contributed by atoms with Crippen molar-refractivity contribution in [2.45, 2.75) is 25.9 Å². The maximum Gasteiger partial charge on any atom is 0.319 e. The number of hydrogen-bond donors (Lipinski definition) is 2. The van der Waals surface area contributed by atoms with Crippen LogP contribution >= 0.6 is 0 Å². The van der Waals surface area contributed by atoms with Gasteiger partial charge in [0.2, 0.25) is 0 Å². The normalized spacial score (nSPS) is 18.1. The van der Waals surface area contributed by atoms with Gasteiger partial charge in [-0.1, -0.05) is 0 Å². The van der Waals surface area contributed by atoms with Crippen molar-refractivity contribution in [2.24, 2.45) is 0 Å². The lowest BCUT2D eigenvalue weighted by molar-refractivity contribution is 0.112. The van der Waals surface area contributed by atoms with Crippen LogP contribution < -0.4 is 15.4 Å². The van der Waals surface area contributed by atoms with Crippen molar-refractivity contribution in [3.8, 4) is 5.75 Å². The van der Waals surface area contributed by atoms with Crippen molar-refractivity contribution in [2.75, 3.05) is 25.6 Å². The van der Waals surface area contributed by atoms with Gasteiger partial charge in [-0.2, -0.15) is 0 Å². The van der Waals surface area contributed by atoms with E-state index in [-0.39, 0.29) is 12.1 Å². The minimum absolute atomic E-state index is 0.156. The molecule has 5 heteroatoms. The molecule has 104 valence electrons. The summed E-state index contributed by atoms with van der Waals surface area (Å²) in [6.07, 6.45) is 2.25. The number of ether oxygens (including phenoxy) is 2. The van der Waals surface area contributed by atoms with Crippen molar-refractivity contribution in [1.29, 1.82) is 0 Å². The van der Waals surface area contributed by atoms with Gasteiger partial charge in [0.25, 0.3) is 0 Å². The van der Waals surface area contributed by atoms with Crippen LogP contribution in [0.4, 0.5) is 10.5 Å². The lowest BCUT2D eigenvalue weighted by atomic mass is 10.2. The van der Waals surface area contributed by atoms with Gasteiger partial charge in [-0.3, -0.25) is 0 Å². The molecule has 0 bridgehead atoms. The molecule has 1 atom stereocenters. The molecule has 0 spiro atoms. The third-order valence-electron chi connectivity index (χ3n) is 3.17. The molecule has 0 radical (unpaired) electrons. The molecule has 1 fully saturated rings. The van der Waals surface area contributed by atoms with Crippen molar-refractivity contribution >= 4 is 11.7 Å². The molecule has 1 saturated heterocycles. The van der Waals surface area contributed by atoms with Crippen LogP contribution in [0.2, 0.25) is 0 Å². The van der Waals surface area contributed by atoms with Gasteiger partial charge in [0.05, 0.1) is 13.2 Å². The summed E-state index contributed by atoms with van der Waals surface area (Å²) in [5.41, 5.74) is 1.74. The number of benzene rings is 1. The van der Waals surface area contributed by atoms with Gasteiger partial charge in [-0.15, -0.1) is 0 Å². The first-order chi connectivity index (χ1) is 9.19. The molecule has 5 nitrogen and oxygen atoms in total. The summed E-state index contributed by atoms with van der Waals surface area (Å²) in [6.45, 7) is 3.29. The minimum Gasteiger partial charge on any atom is -0.496 e. The van der Waals surface area contributed by atoms with Crippen LogP contribution in [0.1, 0.15) is 18.4 Å². The second kappa shape index (κ2) is 6.43. The molecule has 1 heterocycles. The summed E-state index contributed by atoms with van der Waals surface area (Å²) >= 11 is 0. The number of methoxy groups -OCH3 is 1. The summed E-state index contributed by atoms with van der Waals surface area (Å²) in [4.78, 5) is 11.7. The molecule has 0 aromatic heterocycles. The highest BCUT2D eigenvalue weighted by molar-refractivity contribution is 5.89. The Morgan fingerprint density at radius 2 is 2.37 bits per heavy atom. The van der Waals surface area contributed by atoms with E-state index in [0.29, 0.717) is 6.54 Å². The van der Waals surface area contributed by atoms with Gasteiger partial charge in [0.1, 0.15) is 5.75 Å². The zero-order valence-electron chi connectivity index (χ0n) is 11.4. The maximum atomic E-state index is 11.7. The highest BCUT2D eigenvalue weighted by atomic mass is 16.5. The smallest absolute Gasteiger partial charge is 0.319 e. The van der Waals surface area contributed by atoms with E-state index in [9.17, 15) is 4.79 Å². The van der Waals surface area contributed by atoms with Crippen LogP contribution in [0.3, 0.4) is 0 Å². The number of aryl methyl sites for hydroxylation is 1. The van der Waals surface area contributed by atoms with Crippen LogP contribution in [-0.2, 0) is 4.74 Å². The van der Waals surface area contributed by atoms with E-state index in [4.69, 9.17) is 9.47 Å². The Bertz CT molecular complexity index is 442. The summed E-state index contributed by atoms with van der Waals surface area (Å²) in [5.74, 6) is 0.810. The Morgan fingerprint density at radius 3 is 3.00 bits per heavy atom. The third kappa shape index (κ3) is 3.86. The average molecular weight is 264 g/mol. The van der Waals surface area contributed by atoms with E-state index >= 15 is 0 Å². The average Bonchev–Trinajstić information content (AvgIpc) is 2.90. The molecular formula is C14H20N2O3. The quantitative estimate of drug-likeness (QED) is 0.877. The highest BCUT2D eigenvalue weighted by Crippen LogP contribution is 2.21. The maximum absolute atomic E-state index is 11.7. The lowest BCUT2D eigenvalue weighted by Gasteiger charge is -2.12. The number of amides is 2. The third-order valence-corrected chi connectivity index (χ3v) is 3.17. The number of rotatable bonds is 4. The van der Waals surface area contributed by atoms with Crippen molar-refractivity contribution in [3.63, 3.8) is 0 Å². The Kier molecular flexibility index (Phi) is 4.63. The van der Waals surface area contributed by atoms with Crippen LogP contribution in [0.15, 0.2) is 18.2 Å². The Labute approximate surface area is 113 Å². The fourth-order valence-corrected chi connectivity index (χ4v) is 2.14. The van der Waals surface area contributed by atoms with E-state index in [0.717, 1.165) is 36.4 Å². The molecular weight excluding hydrogens is 244 g/mol. The summed E-state index contributed by atoms with van der Waals surface area (Å²) in [5, 5.41) is 5.61. The summed E-state index contributed by atoms with van der Waals surface area (Å²) in [7, 11) is 1.63. The van der Waals surface area contributed by atoms with E-state index < -0.39 is 0 Å². The van der Waals surface area contributed by atoms with Gasteiger partial charge in [0.15, 0.2) is 0 Å². The number of nitrogens with one attached hydrogen (secondary N) is 2. The summed E-state index contributed by atoms with van der Waals surface area (Å²) in [6, 6.07) is 5.33. The highest BCUT2D eigenvalue weighted by Gasteiger charge is 2.16. The molecule has 1 aliphatic heterocycles. The van der Waals surface area contributed by atoms with Gasteiger partial charge < -0.3 is 20.1 Å². The first kappa shape index (κ1) is 13.7. The van der Waals surface area contributed by atoms with E-state index in [1.54, 1.807) is 7.11 Å². The van der Waals surface area contributed by atoms with Crippen molar-refractivity contribution < 1.29 is 14.3 Å². The molecule has 1 aliphatic rings. The van der Waals surface area contributed by atoms with Gasteiger partial charge >= 0.3 is 6.03 Å². The van der Waals surface area contributed by atoms with Crippen LogP contribution in [-0.4, -0.2) is 32.4 Å². The lowest BCUT2D eigenvalue weighted by Crippen LogP contribution is -2.35. The first-order valence-corrected chi connectivity index (χ1v) is 6.50. The second-order valence-corrected chi connectivity index (χ2v) is 4.65. The van der Waals surface area contributed by atoms with Gasteiger partial charge in [0, 0.05) is 18.8 Å². The predicted octanol–water partition coefficient (Wildman–Crippen LogP) is 2.30. The molecule has 1 aromatic rings. The number of carbonyl (C=O) groups is 1. The van der Waals surface area contributed by atoms with Crippen LogP contribution in [0.25, 0.3) is 0 Å². The monoisotopic (exact) mass is 264 g/mol. The topological polar surface area (TPSA) is 59.6 Å². The van der Waals surface area contributed by atoms with Crippen LogP contribution in [0, 0.1) is 6.92 Å². The van der Waals surface area contributed by atoms with E-state index in [2.05, 4.69) is 10.6 Å². The molecule has 0 saturated carbocycles. The van der Waals surface area contributed by atoms with Crippen molar-refractivity contribution in [3.05, 3.63) is 23.8 Å². The van der Waals surface area contributed by atoms with E-state index in [1.165, 1.54) is 0 Å². The van der Waals surface area contributed by atoms with Gasteiger partial charge in [-0.05, 0) is 43.5 Å². The first-order valence-electron chi connectivity index (χ1n) is 6.50. The Hall–Kier alpha value is -1.75. The molecule has 2 amide bonds. The fourth-order valence-electron chi connectivity index (χ4n) is 2.14. The molecule has 19 heavy (non-hydrogen) atoms. The molecule has 0 aliphatic carbocycles. The largest absolute Gasteiger partial charge is 0.496 e. The minimum atomic E-state index is -0.208. The number of anilines is 1. The number of carbonyl (C=O) groups excluding carboxylic acids is 1. The number of hydrogen-bond acceptors (Lipinski definition) is 3. The van der Waals surface area contributed by atoms with Crippen LogP contribution in [0.5, 0.6) is 5.75 Å². The fraction of sp³-hybridized carbons (Fsp3) is 0.500. The SMILES string of the molecule is COc1ccc(NC(=O)NCC2CCCO2)cc1C. The second-order valence-electron chi connectivity index (χ2n) is 4.65. The molecule has 1 unspecified atom stereocenters. The predicted molar refractivity (Wildman–Crippen MR) is 73.7 cm³/mol.